The number of anilines is 1. The summed E-state index contributed by atoms with van der Waals surface area (Å²) >= 11 is 0. The molecule has 1 aliphatic carbocycles. The Kier molecular flexibility index (Phi) is 4.91. The average Bonchev–Trinajstić information content (AvgIpc) is 2.59. The number of methoxy groups -OCH3 is 1. The molecule has 4 nitrogen and oxygen atoms in total. The number of ether oxygens (including phenoxy) is 1. The Morgan fingerprint density at radius 3 is 3.00 bits per heavy atom. The van der Waals surface area contributed by atoms with Crippen LogP contribution < -0.4 is 15.4 Å². The van der Waals surface area contributed by atoms with Gasteiger partial charge in [-0.3, -0.25) is 4.98 Å². The van der Waals surface area contributed by atoms with E-state index in [0.717, 1.165) is 37.4 Å². The summed E-state index contributed by atoms with van der Waals surface area (Å²) in [5.41, 5.74) is 3.96. The number of nitrogens with one attached hydrogen (secondary N) is 2. The summed E-state index contributed by atoms with van der Waals surface area (Å²) in [5.74, 6) is 0.956. The molecule has 1 aromatic heterocycles. The van der Waals surface area contributed by atoms with Crippen molar-refractivity contribution in [1.29, 1.82) is 0 Å². The summed E-state index contributed by atoms with van der Waals surface area (Å²) in [4.78, 5) is 4.10. The van der Waals surface area contributed by atoms with Crippen LogP contribution in [-0.4, -0.2) is 31.2 Å². The van der Waals surface area contributed by atoms with Crippen molar-refractivity contribution in [3.05, 3.63) is 53.9 Å². The van der Waals surface area contributed by atoms with Crippen LogP contribution in [0, 0.1) is 0 Å². The van der Waals surface area contributed by atoms with E-state index in [0.29, 0.717) is 6.04 Å². The minimum absolute atomic E-state index is 0.551. The monoisotopic (exact) mass is 297 g/mol. The van der Waals surface area contributed by atoms with Crippen LogP contribution >= 0.6 is 0 Å². The Bertz CT molecular complexity index is 601. The maximum Gasteiger partial charge on any atom is 0.119 e. The largest absolute Gasteiger partial charge is 0.497 e. The van der Waals surface area contributed by atoms with Crippen molar-refractivity contribution in [2.75, 3.05) is 25.5 Å². The van der Waals surface area contributed by atoms with Crippen LogP contribution in [0.25, 0.3) is 0 Å². The van der Waals surface area contributed by atoms with Crippen LogP contribution in [0.4, 0.5) is 5.69 Å². The first kappa shape index (κ1) is 14.9. The Balaban J connectivity index is 1.46. The summed E-state index contributed by atoms with van der Waals surface area (Å²) < 4.78 is 5.33. The summed E-state index contributed by atoms with van der Waals surface area (Å²) in [7, 11) is 1.73. The lowest BCUT2D eigenvalue weighted by molar-refractivity contribution is 0.411. The standard InChI is InChI=1S/C18H23N3O/c1-22-18-7-5-14-4-6-16(11-15(14)12-18)20-9-10-21-17-3-2-8-19-13-17/h2-3,5,7-8,12-13,16,20-21H,4,6,9-11H2,1H3. The van der Waals surface area contributed by atoms with E-state index in [2.05, 4.69) is 33.8 Å². The molecule has 0 aliphatic heterocycles. The summed E-state index contributed by atoms with van der Waals surface area (Å²) in [6.07, 6.45) is 7.07. The van der Waals surface area contributed by atoms with Gasteiger partial charge in [-0.15, -0.1) is 0 Å². The number of aromatic nitrogens is 1. The van der Waals surface area contributed by atoms with Crippen LogP contribution in [0.5, 0.6) is 5.75 Å². The zero-order valence-electron chi connectivity index (χ0n) is 13.0. The average molecular weight is 297 g/mol. The molecule has 3 rings (SSSR count). The first-order valence-corrected chi connectivity index (χ1v) is 7.88. The van der Waals surface area contributed by atoms with Crippen molar-refractivity contribution in [3.63, 3.8) is 0 Å². The molecule has 4 heteroatoms. The molecule has 2 N–H and O–H groups in total. The number of benzene rings is 1. The molecule has 116 valence electrons. The maximum atomic E-state index is 5.33. The number of hydrogen-bond donors (Lipinski definition) is 2. The lowest BCUT2D eigenvalue weighted by Crippen LogP contribution is -2.37. The van der Waals surface area contributed by atoms with Crippen molar-refractivity contribution in [2.45, 2.75) is 25.3 Å². The molecule has 1 unspecified atom stereocenters. The second-order valence-electron chi connectivity index (χ2n) is 5.70. The Morgan fingerprint density at radius 1 is 1.23 bits per heavy atom. The van der Waals surface area contributed by atoms with E-state index in [1.165, 1.54) is 17.5 Å². The van der Waals surface area contributed by atoms with E-state index in [1.807, 2.05) is 18.3 Å². The minimum Gasteiger partial charge on any atom is -0.497 e. The van der Waals surface area contributed by atoms with Gasteiger partial charge in [0.15, 0.2) is 0 Å². The topological polar surface area (TPSA) is 46.2 Å². The van der Waals surface area contributed by atoms with Gasteiger partial charge in [0, 0.05) is 31.5 Å². The smallest absolute Gasteiger partial charge is 0.119 e. The van der Waals surface area contributed by atoms with Crippen LogP contribution in [0.1, 0.15) is 17.5 Å². The molecule has 0 bridgehead atoms. The number of hydrogen-bond acceptors (Lipinski definition) is 4. The van der Waals surface area contributed by atoms with Gasteiger partial charge in [0.1, 0.15) is 5.75 Å². The fourth-order valence-electron chi connectivity index (χ4n) is 2.99. The van der Waals surface area contributed by atoms with E-state index < -0.39 is 0 Å². The number of rotatable bonds is 6. The van der Waals surface area contributed by atoms with E-state index >= 15 is 0 Å². The highest BCUT2D eigenvalue weighted by Gasteiger charge is 2.18. The molecule has 22 heavy (non-hydrogen) atoms. The molecule has 0 saturated carbocycles. The Hall–Kier alpha value is -2.07. The third-order valence-corrected chi connectivity index (χ3v) is 4.19. The molecular weight excluding hydrogens is 274 g/mol. The third-order valence-electron chi connectivity index (χ3n) is 4.19. The van der Waals surface area contributed by atoms with Crippen LogP contribution in [0.2, 0.25) is 0 Å². The molecule has 0 radical (unpaired) electrons. The molecule has 2 aromatic rings. The summed E-state index contributed by atoms with van der Waals surface area (Å²) in [6, 6.07) is 11.0. The molecule has 1 heterocycles. The molecule has 0 saturated heterocycles. The lowest BCUT2D eigenvalue weighted by Gasteiger charge is -2.26. The van der Waals surface area contributed by atoms with E-state index in [1.54, 1.807) is 13.3 Å². The summed E-state index contributed by atoms with van der Waals surface area (Å²) in [6.45, 7) is 1.87. The third kappa shape index (κ3) is 3.77. The van der Waals surface area contributed by atoms with Gasteiger partial charge in [-0.1, -0.05) is 6.07 Å². The van der Waals surface area contributed by atoms with Crippen molar-refractivity contribution < 1.29 is 4.74 Å². The van der Waals surface area contributed by atoms with Crippen molar-refractivity contribution in [2.24, 2.45) is 0 Å². The first-order chi connectivity index (χ1) is 10.8. The SMILES string of the molecule is COc1ccc2c(c1)CC(NCCNc1cccnc1)CC2. The van der Waals surface area contributed by atoms with E-state index in [-0.39, 0.29) is 0 Å². The molecular formula is C18H23N3O. The summed E-state index contributed by atoms with van der Waals surface area (Å²) in [5, 5.41) is 7.02. The van der Waals surface area contributed by atoms with Gasteiger partial charge in [-0.25, -0.2) is 0 Å². The molecule has 0 fully saturated rings. The Labute approximate surface area is 131 Å². The van der Waals surface area contributed by atoms with Crippen molar-refractivity contribution in [1.82, 2.24) is 10.3 Å². The normalized spacial score (nSPS) is 16.9. The molecule has 1 aliphatic rings. The fraction of sp³-hybridized carbons (Fsp3) is 0.389. The van der Waals surface area contributed by atoms with Gasteiger partial charge >= 0.3 is 0 Å². The van der Waals surface area contributed by atoms with Crippen molar-refractivity contribution in [3.8, 4) is 5.75 Å². The van der Waals surface area contributed by atoms with Crippen LogP contribution in [0.15, 0.2) is 42.7 Å². The lowest BCUT2D eigenvalue weighted by atomic mass is 9.88. The van der Waals surface area contributed by atoms with Crippen molar-refractivity contribution >= 4 is 5.69 Å². The highest BCUT2D eigenvalue weighted by atomic mass is 16.5. The van der Waals surface area contributed by atoms with Crippen LogP contribution in [0.3, 0.4) is 0 Å². The molecule has 0 amide bonds. The number of fused-ring (bicyclic) bond motifs is 1. The zero-order chi connectivity index (χ0) is 15.2. The fourth-order valence-corrected chi connectivity index (χ4v) is 2.99. The van der Waals surface area contributed by atoms with E-state index in [9.17, 15) is 0 Å². The highest BCUT2D eigenvalue weighted by molar-refractivity contribution is 5.39. The molecule has 1 atom stereocenters. The first-order valence-electron chi connectivity index (χ1n) is 7.88. The second kappa shape index (κ2) is 7.27. The number of nitrogens with zero attached hydrogens (tertiary/aromatic N) is 1. The molecule has 1 aromatic carbocycles. The molecule has 0 spiro atoms. The van der Waals surface area contributed by atoms with Gasteiger partial charge in [-0.05, 0) is 54.7 Å². The van der Waals surface area contributed by atoms with E-state index in [4.69, 9.17) is 4.74 Å². The quantitative estimate of drug-likeness (QED) is 0.805. The van der Waals surface area contributed by atoms with Gasteiger partial charge in [-0.2, -0.15) is 0 Å². The predicted octanol–water partition coefficient (Wildman–Crippen LogP) is 2.65. The van der Waals surface area contributed by atoms with Gasteiger partial charge in [0.25, 0.3) is 0 Å². The van der Waals surface area contributed by atoms with Gasteiger partial charge in [0.05, 0.1) is 12.8 Å². The highest BCUT2D eigenvalue weighted by Crippen LogP contribution is 2.25. The Morgan fingerprint density at radius 2 is 2.18 bits per heavy atom. The second-order valence-corrected chi connectivity index (χ2v) is 5.70. The minimum atomic E-state index is 0.551. The zero-order valence-corrected chi connectivity index (χ0v) is 13.0. The number of aryl methyl sites for hydroxylation is 1. The maximum absolute atomic E-state index is 5.33. The predicted molar refractivity (Wildman–Crippen MR) is 89.5 cm³/mol. The number of pyridine rings is 1. The van der Waals surface area contributed by atoms with Gasteiger partial charge in [0.2, 0.25) is 0 Å². The van der Waals surface area contributed by atoms with Gasteiger partial charge < -0.3 is 15.4 Å². The van der Waals surface area contributed by atoms with Crippen LogP contribution in [-0.2, 0) is 12.8 Å².